The van der Waals surface area contributed by atoms with Crippen molar-refractivity contribution in [1.82, 2.24) is 10.6 Å². The van der Waals surface area contributed by atoms with Gasteiger partial charge in [0.15, 0.2) is 0 Å². The molecule has 0 bridgehead atoms. The third kappa shape index (κ3) is 5.76. The summed E-state index contributed by atoms with van der Waals surface area (Å²) in [4.78, 5) is 24.2. The topological polar surface area (TPSA) is 67.4 Å². The first-order valence-corrected chi connectivity index (χ1v) is 7.56. The molecule has 1 aromatic carbocycles. The van der Waals surface area contributed by atoms with Crippen LogP contribution in [-0.2, 0) is 9.53 Å². The van der Waals surface area contributed by atoms with Crippen molar-refractivity contribution in [2.45, 2.75) is 46.3 Å². The van der Waals surface area contributed by atoms with E-state index >= 15 is 0 Å². The SMILES string of the molecule is CCNC(=O)[C@H](C)[C@H](NC(=O)OC(C)(C)C)c1ccccc1. The van der Waals surface area contributed by atoms with Gasteiger partial charge in [-0.3, -0.25) is 4.79 Å². The standard InChI is InChI=1S/C17H26N2O3/c1-6-18-15(20)12(2)14(13-10-8-7-9-11-13)19-16(21)22-17(3,4)5/h7-12,14H,6H2,1-5H3,(H,18,20)(H,19,21)/t12-,14+/m1/s1. The zero-order valence-corrected chi connectivity index (χ0v) is 14.0. The van der Waals surface area contributed by atoms with Gasteiger partial charge in [-0.25, -0.2) is 4.79 Å². The summed E-state index contributed by atoms with van der Waals surface area (Å²) in [6.45, 7) is 9.62. The van der Waals surface area contributed by atoms with E-state index in [9.17, 15) is 9.59 Å². The van der Waals surface area contributed by atoms with E-state index in [0.29, 0.717) is 6.54 Å². The third-order valence-corrected chi connectivity index (χ3v) is 3.10. The summed E-state index contributed by atoms with van der Waals surface area (Å²) in [5.41, 5.74) is 0.285. The predicted octanol–water partition coefficient (Wildman–Crippen LogP) is 3.02. The molecule has 0 spiro atoms. The van der Waals surface area contributed by atoms with E-state index in [-0.39, 0.29) is 5.91 Å². The Hall–Kier alpha value is -2.04. The Morgan fingerprint density at radius 2 is 1.77 bits per heavy atom. The van der Waals surface area contributed by atoms with E-state index in [1.165, 1.54) is 0 Å². The molecule has 0 fully saturated rings. The molecule has 1 rings (SSSR count). The van der Waals surface area contributed by atoms with Gasteiger partial charge in [0.2, 0.25) is 5.91 Å². The highest BCUT2D eigenvalue weighted by Gasteiger charge is 2.28. The molecule has 0 heterocycles. The van der Waals surface area contributed by atoms with Crippen LogP contribution in [0.1, 0.15) is 46.2 Å². The van der Waals surface area contributed by atoms with Gasteiger partial charge < -0.3 is 15.4 Å². The number of amides is 2. The molecule has 0 saturated heterocycles. The Morgan fingerprint density at radius 3 is 2.27 bits per heavy atom. The molecule has 0 aromatic heterocycles. The second-order valence-electron chi connectivity index (χ2n) is 6.22. The molecule has 0 unspecified atom stereocenters. The fourth-order valence-corrected chi connectivity index (χ4v) is 2.08. The highest BCUT2D eigenvalue weighted by atomic mass is 16.6. The maximum atomic E-state index is 12.1. The van der Waals surface area contributed by atoms with Crippen molar-refractivity contribution in [3.8, 4) is 0 Å². The second kappa shape index (κ2) is 7.82. The van der Waals surface area contributed by atoms with Crippen molar-refractivity contribution in [2.24, 2.45) is 5.92 Å². The highest BCUT2D eigenvalue weighted by molar-refractivity contribution is 5.80. The van der Waals surface area contributed by atoms with Gasteiger partial charge in [0.1, 0.15) is 5.60 Å². The Bertz CT molecular complexity index is 494. The monoisotopic (exact) mass is 306 g/mol. The second-order valence-corrected chi connectivity index (χ2v) is 6.22. The molecular weight excluding hydrogens is 280 g/mol. The van der Waals surface area contributed by atoms with E-state index in [2.05, 4.69) is 10.6 Å². The molecule has 0 aliphatic rings. The smallest absolute Gasteiger partial charge is 0.408 e. The van der Waals surface area contributed by atoms with Crippen LogP contribution in [0.5, 0.6) is 0 Å². The van der Waals surface area contributed by atoms with Crippen molar-refractivity contribution in [3.63, 3.8) is 0 Å². The van der Waals surface area contributed by atoms with Gasteiger partial charge in [-0.1, -0.05) is 37.3 Å². The van der Waals surface area contributed by atoms with Crippen LogP contribution in [0.15, 0.2) is 30.3 Å². The number of benzene rings is 1. The minimum Gasteiger partial charge on any atom is -0.444 e. The van der Waals surface area contributed by atoms with Gasteiger partial charge in [-0.05, 0) is 33.3 Å². The van der Waals surface area contributed by atoms with Crippen LogP contribution in [-0.4, -0.2) is 24.1 Å². The fourth-order valence-electron chi connectivity index (χ4n) is 2.08. The van der Waals surface area contributed by atoms with E-state index in [1.807, 2.05) is 37.3 Å². The first-order chi connectivity index (χ1) is 10.2. The van der Waals surface area contributed by atoms with Gasteiger partial charge in [0.25, 0.3) is 0 Å². The number of alkyl carbamates (subject to hydrolysis) is 1. The molecule has 5 heteroatoms. The zero-order chi connectivity index (χ0) is 16.8. The Balaban J connectivity index is 2.93. The minimum atomic E-state index is -0.583. The Morgan fingerprint density at radius 1 is 1.18 bits per heavy atom. The van der Waals surface area contributed by atoms with E-state index in [1.54, 1.807) is 27.7 Å². The average molecular weight is 306 g/mol. The lowest BCUT2D eigenvalue weighted by Gasteiger charge is -2.27. The van der Waals surface area contributed by atoms with Gasteiger partial charge >= 0.3 is 6.09 Å². The van der Waals surface area contributed by atoms with Crippen LogP contribution < -0.4 is 10.6 Å². The number of hydrogen-bond acceptors (Lipinski definition) is 3. The number of hydrogen-bond donors (Lipinski definition) is 2. The van der Waals surface area contributed by atoms with Crippen LogP contribution in [0.4, 0.5) is 4.79 Å². The van der Waals surface area contributed by atoms with Crippen molar-refractivity contribution in [2.75, 3.05) is 6.54 Å². The fraction of sp³-hybridized carbons (Fsp3) is 0.529. The summed E-state index contributed by atoms with van der Waals surface area (Å²) in [5, 5.41) is 5.59. The van der Waals surface area contributed by atoms with Gasteiger partial charge in [-0.2, -0.15) is 0 Å². The molecule has 22 heavy (non-hydrogen) atoms. The van der Waals surface area contributed by atoms with Gasteiger partial charge in [0.05, 0.1) is 12.0 Å². The van der Waals surface area contributed by atoms with Crippen molar-refractivity contribution >= 4 is 12.0 Å². The van der Waals surface area contributed by atoms with Gasteiger partial charge in [-0.15, -0.1) is 0 Å². The third-order valence-electron chi connectivity index (χ3n) is 3.10. The molecule has 2 atom stereocenters. The molecule has 0 aliphatic carbocycles. The zero-order valence-electron chi connectivity index (χ0n) is 14.0. The number of carbonyl (C=O) groups is 2. The van der Waals surface area contributed by atoms with Crippen molar-refractivity contribution in [1.29, 1.82) is 0 Å². The van der Waals surface area contributed by atoms with E-state index < -0.39 is 23.7 Å². The molecule has 1 aromatic rings. The van der Waals surface area contributed by atoms with E-state index in [0.717, 1.165) is 5.56 Å². The molecule has 0 aliphatic heterocycles. The van der Waals surface area contributed by atoms with Crippen LogP contribution in [0, 0.1) is 5.92 Å². The summed E-state index contributed by atoms with van der Waals surface area (Å²) in [6.07, 6.45) is -0.530. The predicted molar refractivity (Wildman–Crippen MR) is 86.4 cm³/mol. The summed E-state index contributed by atoms with van der Waals surface area (Å²) >= 11 is 0. The lowest BCUT2D eigenvalue weighted by Crippen LogP contribution is -2.42. The number of rotatable bonds is 5. The number of nitrogens with one attached hydrogen (secondary N) is 2. The van der Waals surface area contributed by atoms with Crippen LogP contribution in [0.3, 0.4) is 0 Å². The quantitative estimate of drug-likeness (QED) is 0.878. The normalized spacial score (nSPS) is 13.9. The van der Waals surface area contributed by atoms with Crippen molar-refractivity contribution in [3.05, 3.63) is 35.9 Å². The van der Waals surface area contributed by atoms with Crippen molar-refractivity contribution < 1.29 is 14.3 Å². The van der Waals surface area contributed by atoms with Gasteiger partial charge in [0, 0.05) is 6.54 Å². The number of ether oxygens (including phenoxy) is 1. The van der Waals surface area contributed by atoms with E-state index in [4.69, 9.17) is 4.74 Å². The lowest BCUT2D eigenvalue weighted by atomic mass is 9.94. The summed E-state index contributed by atoms with van der Waals surface area (Å²) < 4.78 is 5.30. The van der Waals surface area contributed by atoms with Crippen LogP contribution in [0.2, 0.25) is 0 Å². The largest absolute Gasteiger partial charge is 0.444 e. The Kier molecular flexibility index (Phi) is 6.40. The first kappa shape index (κ1) is 18.0. The lowest BCUT2D eigenvalue weighted by molar-refractivity contribution is -0.125. The molecule has 5 nitrogen and oxygen atoms in total. The maximum Gasteiger partial charge on any atom is 0.408 e. The molecule has 0 radical (unpaired) electrons. The van der Waals surface area contributed by atoms with Crippen LogP contribution in [0.25, 0.3) is 0 Å². The summed E-state index contributed by atoms with van der Waals surface area (Å²) in [7, 11) is 0. The molecule has 0 saturated carbocycles. The Labute approximate surface area is 132 Å². The average Bonchev–Trinajstić information content (AvgIpc) is 2.43. The molecule has 2 amide bonds. The molecular formula is C17H26N2O3. The number of carbonyl (C=O) groups excluding carboxylic acids is 2. The first-order valence-electron chi connectivity index (χ1n) is 7.56. The summed E-state index contributed by atoms with van der Waals surface area (Å²) in [6, 6.07) is 8.98. The molecule has 122 valence electrons. The molecule has 2 N–H and O–H groups in total. The summed E-state index contributed by atoms with van der Waals surface area (Å²) in [5.74, 6) is -0.512. The highest BCUT2D eigenvalue weighted by Crippen LogP contribution is 2.23. The maximum absolute atomic E-state index is 12.1. The minimum absolute atomic E-state index is 0.104. The van der Waals surface area contributed by atoms with Crippen LogP contribution >= 0.6 is 0 Å².